The first-order chi connectivity index (χ1) is 5.83. The van der Waals surface area contributed by atoms with Crippen LogP contribution in [0.25, 0.3) is 0 Å². The van der Waals surface area contributed by atoms with E-state index in [1.165, 1.54) is 25.7 Å². The summed E-state index contributed by atoms with van der Waals surface area (Å²) in [4.78, 5) is 0. The van der Waals surface area contributed by atoms with Gasteiger partial charge in [0.2, 0.25) is 0 Å². The van der Waals surface area contributed by atoms with Crippen molar-refractivity contribution < 1.29 is 12.6 Å². The van der Waals surface area contributed by atoms with E-state index in [1.54, 1.807) is 0 Å². The normalized spacial score (nSPS) is 28.4. The highest BCUT2D eigenvalue weighted by atomic mass is 32.2. The van der Waals surface area contributed by atoms with Crippen molar-refractivity contribution in [2.45, 2.75) is 51.7 Å². The summed E-state index contributed by atoms with van der Waals surface area (Å²) in [5.74, 6) is 0. The van der Waals surface area contributed by atoms with Crippen LogP contribution in [0.15, 0.2) is 0 Å². The zero-order valence-electron chi connectivity index (χ0n) is 7.45. The Kier molecular flexibility index (Phi) is 4.80. The largest absolute Gasteiger partial charge is 0.309 e. The van der Waals surface area contributed by atoms with Gasteiger partial charge in [0.1, 0.15) is 0 Å². The molecule has 0 aromatic heterocycles. The minimum absolute atomic E-state index is 0.188. The average Bonchev–Trinajstić information content (AvgIpc) is 2.00. The van der Waals surface area contributed by atoms with E-state index in [9.17, 15) is 4.21 Å². The molecule has 3 nitrogen and oxygen atoms in total. The molecule has 4 heteroatoms. The molecule has 0 amide bonds. The molecule has 1 fully saturated rings. The molecule has 0 radical (unpaired) electrons. The predicted molar refractivity (Wildman–Crippen MR) is 47.5 cm³/mol. The minimum atomic E-state index is -1.43. The molecular formula is C8H16O3S. The second-order valence-electron chi connectivity index (χ2n) is 3.03. The molecule has 72 valence electrons. The Morgan fingerprint density at radius 2 is 1.83 bits per heavy atom. The third-order valence-corrected chi connectivity index (χ3v) is 2.66. The van der Waals surface area contributed by atoms with Crippen LogP contribution in [0, 0.1) is 0 Å². The summed E-state index contributed by atoms with van der Waals surface area (Å²) in [5, 5.41) is 0. The van der Waals surface area contributed by atoms with Gasteiger partial charge in [-0.05, 0) is 6.42 Å². The fraction of sp³-hybridized carbons (Fsp3) is 1.00. The molecular weight excluding hydrogens is 176 g/mol. The highest BCUT2D eigenvalue weighted by Crippen LogP contribution is 2.19. The lowest BCUT2D eigenvalue weighted by atomic mass is 10.1. The van der Waals surface area contributed by atoms with Crippen molar-refractivity contribution in [2.75, 3.05) is 0 Å². The van der Waals surface area contributed by atoms with Crippen LogP contribution in [0.4, 0.5) is 0 Å². The number of rotatable bonds is 6. The molecule has 1 aliphatic rings. The lowest BCUT2D eigenvalue weighted by molar-refractivity contribution is -0.0672. The smallest absolute Gasteiger partial charge is 0.235 e. The van der Waals surface area contributed by atoms with Gasteiger partial charge in [-0.1, -0.05) is 32.6 Å². The molecule has 0 bridgehead atoms. The second kappa shape index (κ2) is 5.67. The number of hydrogen-bond acceptors (Lipinski definition) is 3. The Labute approximate surface area is 76.3 Å². The first kappa shape index (κ1) is 10.2. The lowest BCUT2D eigenvalue weighted by Gasteiger charge is -2.23. The Bertz CT molecular complexity index is 141. The molecule has 1 aliphatic heterocycles. The van der Waals surface area contributed by atoms with E-state index < -0.39 is 11.4 Å². The maximum atomic E-state index is 10.3. The van der Waals surface area contributed by atoms with E-state index in [0.29, 0.717) is 0 Å². The Morgan fingerprint density at radius 1 is 1.17 bits per heavy atom. The van der Waals surface area contributed by atoms with Crippen molar-refractivity contribution in [2.24, 2.45) is 0 Å². The molecule has 1 heterocycles. The molecule has 1 saturated heterocycles. The first-order valence-corrected chi connectivity index (χ1v) is 5.59. The number of hydrogen-bond donors (Lipinski definition) is 0. The van der Waals surface area contributed by atoms with Crippen LogP contribution in [-0.4, -0.2) is 10.5 Å². The highest BCUT2D eigenvalue weighted by molar-refractivity contribution is 7.76. The van der Waals surface area contributed by atoms with Crippen molar-refractivity contribution in [1.82, 2.24) is 0 Å². The molecule has 1 rings (SSSR count). The van der Waals surface area contributed by atoms with Crippen LogP contribution in [0.1, 0.15) is 45.4 Å². The summed E-state index contributed by atoms with van der Waals surface area (Å²) in [6.07, 6.45) is 6.89. The van der Waals surface area contributed by atoms with Gasteiger partial charge in [-0.3, -0.25) is 0 Å². The van der Waals surface area contributed by atoms with Gasteiger partial charge in [-0.2, -0.15) is 4.21 Å². The summed E-state index contributed by atoms with van der Waals surface area (Å²) in [5.41, 5.74) is 0. The molecule has 12 heavy (non-hydrogen) atoms. The Hall–Kier alpha value is 0.0700. The second-order valence-corrected chi connectivity index (χ2v) is 3.82. The van der Waals surface area contributed by atoms with Crippen LogP contribution in [0.3, 0.4) is 0 Å². The standard InChI is InChI=1S/C8H16O3S/c1-2-3-4-5-6-7-8-10-12(9)11-8/h8H,2-7H2,1H3. The average molecular weight is 192 g/mol. The highest BCUT2D eigenvalue weighted by Gasteiger charge is 2.27. The third kappa shape index (κ3) is 3.65. The van der Waals surface area contributed by atoms with Crippen LogP contribution in [0.2, 0.25) is 0 Å². The summed E-state index contributed by atoms with van der Waals surface area (Å²) in [6.45, 7) is 2.20. The van der Waals surface area contributed by atoms with Gasteiger partial charge in [0.05, 0.1) is 0 Å². The van der Waals surface area contributed by atoms with Crippen LogP contribution >= 0.6 is 0 Å². The van der Waals surface area contributed by atoms with Gasteiger partial charge in [-0.15, -0.1) is 0 Å². The molecule has 0 aromatic carbocycles. The minimum Gasteiger partial charge on any atom is -0.235 e. The molecule has 0 N–H and O–H groups in total. The first-order valence-electron chi connectivity index (χ1n) is 4.59. The quantitative estimate of drug-likeness (QED) is 0.606. The van der Waals surface area contributed by atoms with Gasteiger partial charge >= 0.3 is 11.4 Å². The molecule has 0 unspecified atom stereocenters. The fourth-order valence-corrected chi connectivity index (χ4v) is 1.75. The van der Waals surface area contributed by atoms with E-state index in [4.69, 9.17) is 8.37 Å². The summed E-state index contributed by atoms with van der Waals surface area (Å²) < 4.78 is 19.9. The summed E-state index contributed by atoms with van der Waals surface area (Å²) in [6, 6.07) is 0. The fourth-order valence-electron chi connectivity index (χ4n) is 1.19. The van der Waals surface area contributed by atoms with Crippen LogP contribution in [-0.2, 0) is 19.7 Å². The SMILES string of the molecule is CCCCCCCC1OS(=O)O1. The zero-order chi connectivity index (χ0) is 8.81. The lowest BCUT2D eigenvalue weighted by Crippen LogP contribution is -2.31. The van der Waals surface area contributed by atoms with E-state index >= 15 is 0 Å². The van der Waals surface area contributed by atoms with Gasteiger partial charge in [0.25, 0.3) is 0 Å². The van der Waals surface area contributed by atoms with Crippen molar-refractivity contribution >= 4 is 11.4 Å². The van der Waals surface area contributed by atoms with Gasteiger partial charge in [0.15, 0.2) is 6.29 Å². The van der Waals surface area contributed by atoms with E-state index in [2.05, 4.69) is 6.92 Å². The van der Waals surface area contributed by atoms with Crippen molar-refractivity contribution in [3.63, 3.8) is 0 Å². The third-order valence-electron chi connectivity index (χ3n) is 1.92. The predicted octanol–water partition coefficient (Wildman–Crippen LogP) is 2.30. The van der Waals surface area contributed by atoms with Gasteiger partial charge < -0.3 is 0 Å². The summed E-state index contributed by atoms with van der Waals surface area (Å²) in [7, 11) is 0. The van der Waals surface area contributed by atoms with Gasteiger partial charge in [0, 0.05) is 6.42 Å². The maximum Gasteiger partial charge on any atom is 0.309 e. The van der Waals surface area contributed by atoms with E-state index in [1.807, 2.05) is 0 Å². The maximum absolute atomic E-state index is 10.3. The molecule has 0 saturated carbocycles. The Morgan fingerprint density at radius 3 is 2.42 bits per heavy atom. The summed E-state index contributed by atoms with van der Waals surface area (Å²) >= 11 is -1.43. The van der Waals surface area contributed by atoms with E-state index in [0.717, 1.165) is 12.8 Å². The topological polar surface area (TPSA) is 35.5 Å². The van der Waals surface area contributed by atoms with Crippen molar-refractivity contribution in [3.8, 4) is 0 Å². The van der Waals surface area contributed by atoms with Crippen LogP contribution < -0.4 is 0 Å². The zero-order valence-corrected chi connectivity index (χ0v) is 8.27. The van der Waals surface area contributed by atoms with Crippen molar-refractivity contribution in [3.05, 3.63) is 0 Å². The monoisotopic (exact) mass is 192 g/mol. The molecule has 0 atom stereocenters. The van der Waals surface area contributed by atoms with Gasteiger partial charge in [-0.25, -0.2) is 8.37 Å². The molecule has 0 aromatic rings. The Balaban J connectivity index is 1.80. The molecule has 0 spiro atoms. The number of unbranched alkanes of at least 4 members (excludes halogenated alkanes) is 4. The van der Waals surface area contributed by atoms with Crippen LogP contribution in [0.5, 0.6) is 0 Å². The molecule has 0 aliphatic carbocycles. The van der Waals surface area contributed by atoms with Crippen molar-refractivity contribution in [1.29, 1.82) is 0 Å². The van der Waals surface area contributed by atoms with E-state index in [-0.39, 0.29) is 6.29 Å².